The van der Waals surface area contributed by atoms with E-state index in [2.05, 4.69) is 14.8 Å². The maximum atomic E-state index is 13.5. The molecule has 0 aliphatic heterocycles. The Hall–Kier alpha value is -4.17. The van der Waals surface area contributed by atoms with Crippen molar-refractivity contribution in [2.75, 3.05) is 12.3 Å². The van der Waals surface area contributed by atoms with E-state index in [0.29, 0.717) is 19.3 Å². The van der Waals surface area contributed by atoms with Crippen LogP contribution in [-0.2, 0) is 32.2 Å². The number of amides is 1. The van der Waals surface area contributed by atoms with Gasteiger partial charge in [0, 0.05) is 13.0 Å². The number of nitrogens with one attached hydrogen (secondary N) is 2. The van der Waals surface area contributed by atoms with E-state index < -0.39 is 46.0 Å². The molecule has 0 aromatic heterocycles. The number of nitrogens with two attached hydrogens (primary N) is 1. The highest BCUT2D eigenvalue weighted by Gasteiger charge is 2.30. The first-order valence-corrected chi connectivity index (χ1v) is 14.2. The van der Waals surface area contributed by atoms with Crippen molar-refractivity contribution in [3.05, 3.63) is 89.5 Å². The van der Waals surface area contributed by atoms with Crippen LogP contribution in [0.4, 0.5) is 23.2 Å². The number of rotatable bonds is 14. The van der Waals surface area contributed by atoms with Crippen LogP contribution in [0.1, 0.15) is 42.0 Å². The van der Waals surface area contributed by atoms with E-state index in [1.165, 1.54) is 54.6 Å². The van der Waals surface area contributed by atoms with Crippen molar-refractivity contribution in [2.24, 2.45) is 0 Å². The van der Waals surface area contributed by atoms with E-state index in [9.17, 15) is 35.6 Å². The lowest BCUT2D eigenvalue weighted by Crippen LogP contribution is -2.34. The first kappa shape index (κ1) is 32.3. The standard InChI is InChI=1S/C28H29F4N3O6S/c29-26(27(37)38)41-24-14-11-19(16-22(24)33)23(35-42(39,40)21-7-2-1-3-8-21)17-25(36)34-15-5-4-6-18-9-12-20(13-10-18)28(30,31)32/h1-3,7-14,16,23,26,35H,4-6,15,17,33H2,(H,34,36)(H,37,38). The van der Waals surface area contributed by atoms with Gasteiger partial charge in [0.05, 0.1) is 22.2 Å². The fourth-order valence-electron chi connectivity index (χ4n) is 3.94. The van der Waals surface area contributed by atoms with Crippen LogP contribution in [0.5, 0.6) is 5.75 Å². The first-order chi connectivity index (χ1) is 19.8. The SMILES string of the molecule is Nc1cc(C(CC(=O)NCCCCc2ccc(C(F)(F)F)cc2)NS(=O)(=O)c2ccccc2)ccc1OC(F)C(=O)O. The summed E-state index contributed by atoms with van der Waals surface area (Å²) in [6.07, 6.45) is -5.82. The van der Waals surface area contributed by atoms with Crippen molar-refractivity contribution >= 4 is 27.6 Å². The molecule has 1 amide bonds. The second kappa shape index (κ2) is 14.1. The maximum Gasteiger partial charge on any atom is 0.416 e. The van der Waals surface area contributed by atoms with E-state index in [0.717, 1.165) is 17.7 Å². The van der Waals surface area contributed by atoms with Crippen LogP contribution >= 0.6 is 0 Å². The molecule has 0 saturated heterocycles. The molecule has 0 radical (unpaired) electrons. The van der Waals surface area contributed by atoms with E-state index >= 15 is 0 Å². The van der Waals surface area contributed by atoms with E-state index in [4.69, 9.17) is 10.8 Å². The third-order valence-corrected chi connectivity index (χ3v) is 7.58. The van der Waals surface area contributed by atoms with Gasteiger partial charge in [0.15, 0.2) is 0 Å². The molecule has 0 bridgehead atoms. The van der Waals surface area contributed by atoms with Crippen LogP contribution in [0, 0.1) is 0 Å². The van der Waals surface area contributed by atoms with Gasteiger partial charge in [0.25, 0.3) is 0 Å². The van der Waals surface area contributed by atoms with E-state index in [1.807, 2.05) is 0 Å². The number of sulfonamides is 1. The van der Waals surface area contributed by atoms with Gasteiger partial charge < -0.3 is 20.9 Å². The number of benzene rings is 3. The Kier molecular flexibility index (Phi) is 10.9. The van der Waals surface area contributed by atoms with Crippen molar-refractivity contribution in [3.8, 4) is 5.75 Å². The highest BCUT2D eigenvalue weighted by Crippen LogP contribution is 2.30. The number of carboxylic acids is 1. The quantitative estimate of drug-likeness (QED) is 0.118. The Morgan fingerprint density at radius 2 is 1.64 bits per heavy atom. The molecule has 0 saturated carbocycles. The molecule has 14 heteroatoms. The summed E-state index contributed by atoms with van der Waals surface area (Å²) in [5, 5.41) is 11.4. The number of ether oxygens (including phenoxy) is 1. The Morgan fingerprint density at radius 3 is 2.24 bits per heavy atom. The number of unbranched alkanes of at least 4 members (excludes halogenated alkanes) is 1. The van der Waals surface area contributed by atoms with Gasteiger partial charge in [0.1, 0.15) is 5.75 Å². The van der Waals surface area contributed by atoms with Crippen LogP contribution in [0.2, 0.25) is 0 Å². The van der Waals surface area contributed by atoms with E-state index in [1.54, 1.807) is 6.07 Å². The summed E-state index contributed by atoms with van der Waals surface area (Å²) in [6, 6.07) is 14.9. The number of anilines is 1. The zero-order valence-electron chi connectivity index (χ0n) is 22.1. The molecule has 2 atom stereocenters. The van der Waals surface area contributed by atoms with Gasteiger partial charge in [-0.3, -0.25) is 4.79 Å². The smallest absolute Gasteiger partial charge is 0.416 e. The largest absolute Gasteiger partial charge is 0.476 e. The van der Waals surface area contributed by atoms with Gasteiger partial charge >= 0.3 is 18.5 Å². The number of alkyl halides is 4. The molecule has 9 nitrogen and oxygen atoms in total. The average Bonchev–Trinajstić information content (AvgIpc) is 2.93. The molecular weight excluding hydrogens is 582 g/mol. The molecule has 0 aliphatic carbocycles. The lowest BCUT2D eigenvalue weighted by Gasteiger charge is -2.20. The van der Waals surface area contributed by atoms with Gasteiger partial charge in [-0.25, -0.2) is 17.9 Å². The molecule has 0 heterocycles. The summed E-state index contributed by atoms with van der Waals surface area (Å²) in [5.74, 6) is -2.64. The minimum Gasteiger partial charge on any atom is -0.476 e. The van der Waals surface area contributed by atoms with Crippen LogP contribution in [0.25, 0.3) is 0 Å². The number of hydrogen-bond acceptors (Lipinski definition) is 6. The third kappa shape index (κ3) is 9.45. The Bertz CT molecular complexity index is 1470. The minimum absolute atomic E-state index is 0.0478. The number of hydrogen-bond donors (Lipinski definition) is 4. The van der Waals surface area contributed by atoms with Gasteiger partial charge in [0.2, 0.25) is 15.9 Å². The summed E-state index contributed by atoms with van der Waals surface area (Å²) < 4.78 is 84.8. The number of aliphatic carboxylic acids is 1. The van der Waals surface area contributed by atoms with Gasteiger partial charge in [-0.15, -0.1) is 0 Å². The molecule has 3 aromatic rings. The molecule has 3 aromatic carbocycles. The van der Waals surface area contributed by atoms with Crippen LogP contribution in [0.3, 0.4) is 0 Å². The van der Waals surface area contributed by atoms with Crippen molar-refractivity contribution in [1.82, 2.24) is 10.0 Å². The highest BCUT2D eigenvalue weighted by molar-refractivity contribution is 7.89. The van der Waals surface area contributed by atoms with Gasteiger partial charge in [-0.1, -0.05) is 36.4 Å². The number of carboxylic acid groups (broad SMARTS) is 1. The Balaban J connectivity index is 1.64. The predicted octanol–water partition coefficient (Wildman–Crippen LogP) is 4.60. The van der Waals surface area contributed by atoms with Crippen molar-refractivity contribution in [3.63, 3.8) is 0 Å². The lowest BCUT2D eigenvalue weighted by atomic mass is 10.0. The summed E-state index contributed by atoms with van der Waals surface area (Å²) in [5.41, 5.74) is 5.94. The first-order valence-electron chi connectivity index (χ1n) is 12.7. The second-order valence-electron chi connectivity index (χ2n) is 9.26. The van der Waals surface area contributed by atoms with E-state index in [-0.39, 0.29) is 34.9 Å². The molecule has 226 valence electrons. The fraction of sp³-hybridized carbons (Fsp3) is 0.286. The lowest BCUT2D eigenvalue weighted by molar-refractivity contribution is -0.153. The molecule has 5 N–H and O–H groups in total. The van der Waals surface area contributed by atoms with Crippen molar-refractivity contribution in [1.29, 1.82) is 0 Å². The summed E-state index contributed by atoms with van der Waals surface area (Å²) >= 11 is 0. The average molecular weight is 612 g/mol. The van der Waals surface area contributed by atoms with Gasteiger partial charge in [-0.2, -0.15) is 17.6 Å². The van der Waals surface area contributed by atoms with Crippen LogP contribution in [-0.4, -0.2) is 38.3 Å². The van der Waals surface area contributed by atoms with Crippen molar-refractivity contribution in [2.45, 2.75) is 49.2 Å². The normalized spacial score (nSPS) is 13.2. The Morgan fingerprint density at radius 1 is 0.976 bits per heavy atom. The fourth-order valence-corrected chi connectivity index (χ4v) is 5.18. The molecule has 0 aliphatic rings. The number of aryl methyl sites for hydroxylation is 1. The number of carbonyl (C=O) groups is 2. The van der Waals surface area contributed by atoms with Crippen molar-refractivity contribution < 1.29 is 45.4 Å². The topological polar surface area (TPSA) is 148 Å². The minimum atomic E-state index is -4.41. The molecule has 0 fully saturated rings. The second-order valence-corrected chi connectivity index (χ2v) is 11.0. The summed E-state index contributed by atoms with van der Waals surface area (Å²) in [7, 11) is -4.09. The van der Waals surface area contributed by atoms with Gasteiger partial charge in [-0.05, 0) is 66.8 Å². The predicted molar refractivity (Wildman–Crippen MR) is 146 cm³/mol. The zero-order valence-corrected chi connectivity index (χ0v) is 22.9. The summed E-state index contributed by atoms with van der Waals surface area (Å²) in [4.78, 5) is 23.5. The maximum absolute atomic E-state index is 13.5. The Labute approximate surface area is 239 Å². The third-order valence-electron chi connectivity index (χ3n) is 6.10. The highest BCUT2D eigenvalue weighted by atomic mass is 32.2. The molecule has 2 unspecified atom stereocenters. The molecule has 3 rings (SSSR count). The molecular formula is C28H29F4N3O6S. The van der Waals surface area contributed by atoms with Crippen LogP contribution < -0.4 is 20.5 Å². The number of carbonyl (C=O) groups excluding carboxylic acids is 1. The monoisotopic (exact) mass is 611 g/mol. The summed E-state index contributed by atoms with van der Waals surface area (Å²) in [6.45, 7) is 0.236. The molecule has 42 heavy (non-hydrogen) atoms. The molecule has 0 spiro atoms. The number of halogens is 4. The zero-order chi connectivity index (χ0) is 30.9. The van der Waals surface area contributed by atoms with Crippen LogP contribution in [0.15, 0.2) is 77.7 Å². The number of nitrogen functional groups attached to an aromatic ring is 1.